The van der Waals surface area contributed by atoms with Gasteiger partial charge in [-0.1, -0.05) is 30.3 Å². The van der Waals surface area contributed by atoms with Crippen molar-refractivity contribution in [2.75, 3.05) is 5.32 Å². The van der Waals surface area contributed by atoms with Crippen molar-refractivity contribution < 1.29 is 9.18 Å². The molecule has 41 heavy (non-hydrogen) atoms. The predicted octanol–water partition coefficient (Wildman–Crippen LogP) is 5.38. The van der Waals surface area contributed by atoms with Crippen LogP contribution in [0.2, 0.25) is 0 Å². The van der Waals surface area contributed by atoms with Crippen LogP contribution in [0.1, 0.15) is 11.3 Å². The third kappa shape index (κ3) is 4.59. The second-order valence-corrected chi connectivity index (χ2v) is 9.66. The van der Waals surface area contributed by atoms with E-state index in [-0.39, 0.29) is 17.8 Å². The Labute approximate surface area is 232 Å². The molecule has 0 atom stereocenters. The number of H-pyrrole nitrogens is 2. The molecule has 0 unspecified atom stereocenters. The number of amides is 1. The van der Waals surface area contributed by atoms with E-state index in [1.54, 1.807) is 31.0 Å². The number of imidazole rings is 2. The van der Waals surface area contributed by atoms with Crippen LogP contribution in [0.4, 0.5) is 10.1 Å². The topological polar surface area (TPSA) is 130 Å². The number of rotatable bonds is 6. The predicted molar refractivity (Wildman–Crippen MR) is 153 cm³/mol. The zero-order chi connectivity index (χ0) is 27.9. The molecule has 0 bridgehead atoms. The second-order valence-electron chi connectivity index (χ2n) is 9.66. The molecule has 0 aliphatic heterocycles. The molecule has 5 aromatic heterocycles. The van der Waals surface area contributed by atoms with Crippen molar-refractivity contribution in [2.24, 2.45) is 0 Å². The van der Waals surface area contributed by atoms with Gasteiger partial charge in [0.1, 0.15) is 23.1 Å². The standard InChI is InChI=1S/C30H22FN9O/c1-17-15-40(16-34-17)30-28-24(7-8-33-30)36-29(37-28)27-22-11-19(12-23(31)26(22)38-39-27)20-10-21(14-32-13-20)35-25(41)9-18-5-3-2-4-6-18/h2-8,10-16H,9H2,1H3,(H,35,41)(H,36,37)(H,38,39). The SMILES string of the molecule is Cc1cn(-c2nccc3[nH]c(-c4[nH]nc5c(F)cc(-c6cncc(NC(=O)Cc7ccccc7)c6)cc45)nc23)cn1. The molecule has 0 fully saturated rings. The van der Waals surface area contributed by atoms with Crippen molar-refractivity contribution in [1.29, 1.82) is 0 Å². The van der Waals surface area contributed by atoms with Crippen LogP contribution in [-0.4, -0.2) is 45.6 Å². The molecule has 2 aromatic carbocycles. The maximum atomic E-state index is 15.3. The normalized spacial score (nSPS) is 11.4. The molecule has 3 N–H and O–H groups in total. The number of carbonyl (C=O) groups is 1. The summed E-state index contributed by atoms with van der Waals surface area (Å²) in [6.45, 7) is 1.90. The Bertz CT molecular complexity index is 2060. The summed E-state index contributed by atoms with van der Waals surface area (Å²) in [6, 6.07) is 16.3. The molecule has 0 spiro atoms. The molecule has 10 nitrogen and oxygen atoms in total. The Morgan fingerprint density at radius 2 is 1.90 bits per heavy atom. The summed E-state index contributed by atoms with van der Waals surface area (Å²) in [5.74, 6) is 0.452. The quantitative estimate of drug-likeness (QED) is 0.258. The van der Waals surface area contributed by atoms with Gasteiger partial charge in [0.05, 0.1) is 29.5 Å². The molecule has 200 valence electrons. The van der Waals surface area contributed by atoms with Crippen molar-refractivity contribution in [3.63, 3.8) is 0 Å². The number of anilines is 1. The summed E-state index contributed by atoms with van der Waals surface area (Å²) in [7, 11) is 0. The van der Waals surface area contributed by atoms with Crippen LogP contribution in [0.15, 0.2) is 85.7 Å². The minimum Gasteiger partial charge on any atom is -0.336 e. The van der Waals surface area contributed by atoms with Gasteiger partial charge in [-0.15, -0.1) is 0 Å². The van der Waals surface area contributed by atoms with Crippen molar-refractivity contribution >= 4 is 33.5 Å². The lowest BCUT2D eigenvalue weighted by Crippen LogP contribution is -2.14. The number of nitrogens with zero attached hydrogens (tertiary/aromatic N) is 6. The van der Waals surface area contributed by atoms with Crippen LogP contribution < -0.4 is 5.32 Å². The first-order chi connectivity index (χ1) is 20.0. The number of pyridine rings is 2. The van der Waals surface area contributed by atoms with Gasteiger partial charge in [-0.3, -0.25) is 19.4 Å². The largest absolute Gasteiger partial charge is 0.336 e. The van der Waals surface area contributed by atoms with Crippen LogP contribution in [-0.2, 0) is 11.2 Å². The summed E-state index contributed by atoms with van der Waals surface area (Å²) >= 11 is 0. The Morgan fingerprint density at radius 1 is 1.02 bits per heavy atom. The summed E-state index contributed by atoms with van der Waals surface area (Å²) in [5.41, 5.74) is 5.63. The molecule has 1 amide bonds. The number of aromatic nitrogens is 8. The average Bonchev–Trinajstić information content (AvgIpc) is 3.71. The van der Waals surface area contributed by atoms with Crippen LogP contribution in [0.3, 0.4) is 0 Å². The number of halogens is 1. The summed E-state index contributed by atoms with van der Waals surface area (Å²) in [6.07, 6.45) is 8.67. The number of nitrogens with one attached hydrogen (secondary N) is 3. The molecule has 0 aliphatic rings. The maximum Gasteiger partial charge on any atom is 0.228 e. The fourth-order valence-corrected chi connectivity index (χ4v) is 4.84. The third-order valence-corrected chi connectivity index (χ3v) is 6.75. The molecular weight excluding hydrogens is 521 g/mol. The van der Waals surface area contributed by atoms with E-state index in [1.165, 1.54) is 6.07 Å². The Balaban J connectivity index is 1.24. The van der Waals surface area contributed by atoms with E-state index < -0.39 is 5.82 Å². The summed E-state index contributed by atoms with van der Waals surface area (Å²) < 4.78 is 17.1. The molecule has 5 heterocycles. The second kappa shape index (κ2) is 9.79. The monoisotopic (exact) mass is 543 g/mol. The first kappa shape index (κ1) is 24.3. The van der Waals surface area contributed by atoms with Gasteiger partial charge in [-0.25, -0.2) is 19.3 Å². The first-order valence-electron chi connectivity index (χ1n) is 12.8. The van der Waals surface area contributed by atoms with E-state index in [2.05, 4.69) is 35.5 Å². The smallest absolute Gasteiger partial charge is 0.228 e. The van der Waals surface area contributed by atoms with Gasteiger partial charge < -0.3 is 10.3 Å². The highest BCUT2D eigenvalue weighted by Gasteiger charge is 2.19. The van der Waals surface area contributed by atoms with Crippen molar-refractivity contribution in [2.45, 2.75) is 13.3 Å². The average molecular weight is 544 g/mol. The third-order valence-electron chi connectivity index (χ3n) is 6.75. The lowest BCUT2D eigenvalue weighted by Gasteiger charge is -2.08. The highest BCUT2D eigenvalue weighted by molar-refractivity contribution is 5.97. The van der Waals surface area contributed by atoms with Gasteiger partial charge in [-0.2, -0.15) is 5.10 Å². The highest BCUT2D eigenvalue weighted by atomic mass is 19.1. The van der Waals surface area contributed by atoms with Gasteiger partial charge >= 0.3 is 0 Å². The van der Waals surface area contributed by atoms with Crippen molar-refractivity contribution in [3.8, 4) is 28.5 Å². The molecule has 7 aromatic rings. The maximum absolute atomic E-state index is 15.3. The molecule has 0 saturated heterocycles. The summed E-state index contributed by atoms with van der Waals surface area (Å²) in [4.78, 5) is 33.7. The molecule has 0 saturated carbocycles. The van der Waals surface area contributed by atoms with Gasteiger partial charge in [0.15, 0.2) is 17.5 Å². The Morgan fingerprint density at radius 3 is 2.73 bits per heavy atom. The molecule has 11 heteroatoms. The van der Waals surface area contributed by atoms with Crippen LogP contribution >= 0.6 is 0 Å². The number of aryl methyl sites for hydroxylation is 1. The van der Waals surface area contributed by atoms with Crippen LogP contribution in [0, 0.1) is 12.7 Å². The zero-order valence-electron chi connectivity index (χ0n) is 21.8. The Kier molecular flexibility index (Phi) is 5.81. The van der Waals surface area contributed by atoms with E-state index in [4.69, 9.17) is 4.98 Å². The number of hydrogen-bond donors (Lipinski definition) is 3. The number of benzene rings is 2. The molecule has 7 rings (SSSR count). The fraction of sp³-hybridized carbons (Fsp3) is 0.0667. The van der Waals surface area contributed by atoms with Crippen molar-refractivity contribution in [1.82, 2.24) is 39.7 Å². The first-order valence-corrected chi connectivity index (χ1v) is 12.8. The molecule has 0 aliphatic carbocycles. The van der Waals surface area contributed by atoms with E-state index in [0.29, 0.717) is 45.1 Å². The van der Waals surface area contributed by atoms with Gasteiger partial charge in [0, 0.05) is 29.5 Å². The van der Waals surface area contributed by atoms with Crippen LogP contribution in [0.25, 0.3) is 50.4 Å². The number of fused-ring (bicyclic) bond motifs is 2. The van der Waals surface area contributed by atoms with E-state index >= 15 is 4.39 Å². The lowest BCUT2D eigenvalue weighted by molar-refractivity contribution is -0.115. The van der Waals surface area contributed by atoms with E-state index in [1.807, 2.05) is 60.2 Å². The lowest BCUT2D eigenvalue weighted by atomic mass is 10.0. The molecular formula is C30H22FN9O. The number of hydrogen-bond acceptors (Lipinski definition) is 6. The number of carbonyl (C=O) groups excluding carboxylic acids is 1. The van der Waals surface area contributed by atoms with Gasteiger partial charge in [0.2, 0.25) is 5.91 Å². The number of aromatic amines is 2. The minimum atomic E-state index is -0.495. The summed E-state index contributed by atoms with van der Waals surface area (Å²) in [5, 5.41) is 10.6. The van der Waals surface area contributed by atoms with Gasteiger partial charge in [-0.05, 0) is 42.3 Å². The minimum absolute atomic E-state index is 0.168. The van der Waals surface area contributed by atoms with Crippen molar-refractivity contribution in [3.05, 3.63) is 103 Å². The Hall–Kier alpha value is -5.71. The van der Waals surface area contributed by atoms with E-state index in [0.717, 1.165) is 16.8 Å². The fourth-order valence-electron chi connectivity index (χ4n) is 4.84. The van der Waals surface area contributed by atoms with E-state index in [9.17, 15) is 4.79 Å². The zero-order valence-corrected chi connectivity index (χ0v) is 21.8. The van der Waals surface area contributed by atoms with Gasteiger partial charge in [0.25, 0.3) is 0 Å². The van der Waals surface area contributed by atoms with Crippen LogP contribution in [0.5, 0.6) is 0 Å². The molecule has 0 radical (unpaired) electrons. The highest BCUT2D eigenvalue weighted by Crippen LogP contribution is 2.33.